The van der Waals surface area contributed by atoms with Crippen LogP contribution in [-0.2, 0) is 6.18 Å². The minimum Gasteiger partial charge on any atom is -0.345 e. The molecule has 30 heavy (non-hydrogen) atoms. The SMILES string of the molecule is CN=C(NCC#Cc1cccc(C(F)(F)F)c1)N1CCC(C)C(n2ccnc2)C1.I. The van der Waals surface area contributed by atoms with Gasteiger partial charge < -0.3 is 14.8 Å². The van der Waals surface area contributed by atoms with Crippen LogP contribution in [0.2, 0.25) is 0 Å². The highest BCUT2D eigenvalue weighted by Crippen LogP contribution is 2.29. The number of rotatable bonds is 2. The lowest BCUT2D eigenvalue weighted by molar-refractivity contribution is -0.137. The maximum Gasteiger partial charge on any atom is 0.416 e. The normalized spacial score (nSPS) is 19.5. The molecule has 2 aromatic rings. The topological polar surface area (TPSA) is 45.5 Å². The van der Waals surface area contributed by atoms with Crippen molar-refractivity contribution in [1.82, 2.24) is 19.8 Å². The molecule has 0 bridgehead atoms. The fourth-order valence-corrected chi connectivity index (χ4v) is 3.47. The zero-order valence-electron chi connectivity index (χ0n) is 16.9. The number of guanidine groups is 1. The average Bonchev–Trinajstić information content (AvgIpc) is 3.23. The molecule has 1 N–H and O–H groups in total. The van der Waals surface area contributed by atoms with Crippen LogP contribution in [0.15, 0.2) is 48.0 Å². The molecular formula is C21H25F3IN5. The van der Waals surface area contributed by atoms with Crippen LogP contribution >= 0.6 is 24.0 Å². The van der Waals surface area contributed by atoms with Gasteiger partial charge in [0, 0.05) is 38.1 Å². The molecule has 2 atom stereocenters. The molecule has 1 aliphatic heterocycles. The molecule has 1 saturated heterocycles. The van der Waals surface area contributed by atoms with E-state index in [2.05, 4.69) is 43.5 Å². The highest BCUT2D eigenvalue weighted by Gasteiger charge is 2.30. The zero-order chi connectivity index (χ0) is 20.9. The molecule has 5 nitrogen and oxygen atoms in total. The summed E-state index contributed by atoms with van der Waals surface area (Å²) in [5.74, 6) is 6.92. The Morgan fingerprint density at radius 1 is 1.37 bits per heavy atom. The van der Waals surface area contributed by atoms with E-state index in [1.165, 1.54) is 6.07 Å². The number of hydrogen-bond acceptors (Lipinski definition) is 2. The van der Waals surface area contributed by atoms with Crippen molar-refractivity contribution in [2.24, 2.45) is 10.9 Å². The summed E-state index contributed by atoms with van der Waals surface area (Å²) >= 11 is 0. The predicted molar refractivity (Wildman–Crippen MR) is 122 cm³/mol. The van der Waals surface area contributed by atoms with Crippen molar-refractivity contribution in [1.29, 1.82) is 0 Å². The summed E-state index contributed by atoms with van der Waals surface area (Å²) in [6, 6.07) is 5.34. The Balaban J connectivity index is 0.00000320. The molecule has 3 rings (SSSR count). The summed E-state index contributed by atoms with van der Waals surface area (Å²) in [4.78, 5) is 10.7. The van der Waals surface area contributed by atoms with E-state index in [1.54, 1.807) is 19.3 Å². The maximum atomic E-state index is 12.8. The molecule has 1 aliphatic rings. The first-order valence-electron chi connectivity index (χ1n) is 9.47. The monoisotopic (exact) mass is 531 g/mol. The van der Waals surface area contributed by atoms with Gasteiger partial charge in [0.2, 0.25) is 0 Å². The van der Waals surface area contributed by atoms with E-state index in [-0.39, 0.29) is 24.0 Å². The van der Waals surface area contributed by atoms with Crippen LogP contribution in [-0.4, -0.2) is 47.1 Å². The molecule has 0 saturated carbocycles. The summed E-state index contributed by atoms with van der Waals surface area (Å²) in [7, 11) is 1.72. The molecule has 9 heteroatoms. The standard InChI is InChI=1S/C21H24F3N5.HI/c1-16-8-11-28(14-19(16)29-12-10-26-15-29)20(25-2)27-9-4-6-17-5-3-7-18(13-17)21(22,23)24;/h3,5,7,10,12-13,15-16,19H,8-9,11,14H2,1-2H3,(H,25,27);1H. The minimum absolute atomic E-state index is 0. The summed E-state index contributed by atoms with van der Waals surface area (Å²) in [6.45, 7) is 4.22. The molecule has 0 spiro atoms. The van der Waals surface area contributed by atoms with E-state index >= 15 is 0 Å². The first-order chi connectivity index (χ1) is 13.9. The minimum atomic E-state index is -4.37. The second kappa shape index (κ2) is 10.7. The second-order valence-electron chi connectivity index (χ2n) is 7.07. The summed E-state index contributed by atoms with van der Waals surface area (Å²) in [6.07, 6.45) is 2.25. The number of aliphatic imine (C=N–C) groups is 1. The highest BCUT2D eigenvalue weighted by atomic mass is 127. The molecule has 162 valence electrons. The number of halogens is 4. The van der Waals surface area contributed by atoms with Crippen LogP contribution in [0.25, 0.3) is 0 Å². The molecule has 1 fully saturated rings. The molecule has 0 amide bonds. The lowest BCUT2D eigenvalue weighted by Crippen LogP contribution is -2.49. The Morgan fingerprint density at radius 3 is 2.83 bits per heavy atom. The van der Waals surface area contributed by atoms with Crippen LogP contribution in [0.3, 0.4) is 0 Å². The average molecular weight is 531 g/mol. The van der Waals surface area contributed by atoms with Gasteiger partial charge in [0.05, 0.1) is 24.5 Å². The number of piperidine rings is 1. The Morgan fingerprint density at radius 2 is 2.17 bits per heavy atom. The van der Waals surface area contributed by atoms with Gasteiger partial charge >= 0.3 is 6.18 Å². The number of imidazole rings is 1. The highest BCUT2D eigenvalue weighted by molar-refractivity contribution is 14.0. The van der Waals surface area contributed by atoms with Crippen LogP contribution in [0, 0.1) is 17.8 Å². The smallest absolute Gasteiger partial charge is 0.345 e. The van der Waals surface area contributed by atoms with Crippen molar-refractivity contribution >= 4 is 29.9 Å². The Hall–Kier alpha value is -2.22. The number of aromatic nitrogens is 2. The lowest BCUT2D eigenvalue weighted by atomic mass is 9.93. The van der Waals surface area contributed by atoms with E-state index in [9.17, 15) is 13.2 Å². The van der Waals surface area contributed by atoms with E-state index < -0.39 is 11.7 Å². The number of alkyl halides is 3. The molecule has 0 aliphatic carbocycles. The number of likely N-dealkylation sites (tertiary alicyclic amines) is 1. The van der Waals surface area contributed by atoms with E-state index in [0.717, 1.165) is 37.6 Å². The largest absolute Gasteiger partial charge is 0.416 e. The van der Waals surface area contributed by atoms with Gasteiger partial charge in [-0.3, -0.25) is 4.99 Å². The van der Waals surface area contributed by atoms with Gasteiger partial charge in [-0.1, -0.05) is 24.8 Å². The van der Waals surface area contributed by atoms with Crippen molar-refractivity contribution in [2.75, 3.05) is 26.7 Å². The molecule has 2 unspecified atom stereocenters. The molecule has 0 radical (unpaired) electrons. The molecule has 1 aromatic heterocycles. The number of benzene rings is 1. The third-order valence-electron chi connectivity index (χ3n) is 5.10. The van der Waals surface area contributed by atoms with Crippen LogP contribution in [0.4, 0.5) is 13.2 Å². The van der Waals surface area contributed by atoms with Gasteiger partial charge in [0.15, 0.2) is 5.96 Å². The number of hydrogen-bond donors (Lipinski definition) is 1. The summed E-state index contributed by atoms with van der Waals surface area (Å²) in [5.41, 5.74) is -0.357. The van der Waals surface area contributed by atoms with Gasteiger partial charge in [-0.25, -0.2) is 4.98 Å². The first kappa shape index (κ1) is 24.1. The second-order valence-corrected chi connectivity index (χ2v) is 7.07. The van der Waals surface area contributed by atoms with Gasteiger partial charge in [0.1, 0.15) is 0 Å². The van der Waals surface area contributed by atoms with Crippen molar-refractivity contribution in [3.63, 3.8) is 0 Å². The third kappa shape index (κ3) is 6.14. The van der Waals surface area contributed by atoms with Crippen molar-refractivity contribution in [3.05, 3.63) is 54.1 Å². The van der Waals surface area contributed by atoms with E-state index in [1.807, 2.05) is 12.5 Å². The van der Waals surface area contributed by atoms with Crippen LogP contribution in [0.5, 0.6) is 0 Å². The number of nitrogens with one attached hydrogen (secondary N) is 1. The molecule has 2 heterocycles. The quantitative estimate of drug-likeness (QED) is 0.276. The summed E-state index contributed by atoms with van der Waals surface area (Å²) < 4.78 is 40.5. The van der Waals surface area contributed by atoms with Crippen molar-refractivity contribution in [2.45, 2.75) is 25.6 Å². The Bertz CT molecular complexity index is 899. The Kier molecular flexibility index (Phi) is 8.58. The lowest BCUT2D eigenvalue weighted by Gasteiger charge is -2.39. The van der Waals surface area contributed by atoms with Crippen LogP contribution < -0.4 is 5.32 Å². The van der Waals surface area contributed by atoms with Crippen molar-refractivity contribution in [3.8, 4) is 11.8 Å². The number of nitrogens with zero attached hydrogens (tertiary/aromatic N) is 4. The molecular weight excluding hydrogens is 506 g/mol. The maximum absolute atomic E-state index is 12.8. The van der Waals surface area contributed by atoms with Gasteiger partial charge in [0.25, 0.3) is 0 Å². The van der Waals surface area contributed by atoms with Gasteiger partial charge in [-0.15, -0.1) is 24.0 Å². The van der Waals surface area contributed by atoms with Crippen LogP contribution in [0.1, 0.15) is 30.5 Å². The van der Waals surface area contributed by atoms with Gasteiger partial charge in [-0.2, -0.15) is 13.2 Å². The van der Waals surface area contributed by atoms with Gasteiger partial charge in [-0.05, 0) is 30.5 Å². The fourth-order valence-electron chi connectivity index (χ4n) is 3.47. The first-order valence-corrected chi connectivity index (χ1v) is 9.47. The Labute approximate surface area is 191 Å². The van der Waals surface area contributed by atoms with Crippen molar-refractivity contribution < 1.29 is 13.2 Å². The summed E-state index contributed by atoms with van der Waals surface area (Å²) in [5, 5.41) is 3.19. The fraction of sp³-hybridized carbons (Fsp3) is 0.429. The predicted octanol–water partition coefficient (Wildman–Crippen LogP) is 4.03. The molecule has 1 aromatic carbocycles. The zero-order valence-corrected chi connectivity index (χ0v) is 19.2. The van der Waals surface area contributed by atoms with E-state index in [0.29, 0.717) is 24.1 Å². The van der Waals surface area contributed by atoms with E-state index in [4.69, 9.17) is 0 Å². The third-order valence-corrected chi connectivity index (χ3v) is 5.10.